The van der Waals surface area contributed by atoms with E-state index in [4.69, 9.17) is 4.74 Å². The number of carbonyl (C=O) groups is 1. The van der Waals surface area contributed by atoms with Gasteiger partial charge in [-0.15, -0.1) is 0 Å². The van der Waals surface area contributed by atoms with Crippen LogP contribution in [0.15, 0.2) is 65.4 Å². The highest BCUT2D eigenvalue weighted by molar-refractivity contribution is 9.10. The third-order valence-electron chi connectivity index (χ3n) is 3.43. The van der Waals surface area contributed by atoms with E-state index in [1.54, 1.807) is 12.4 Å². The zero-order valence-corrected chi connectivity index (χ0v) is 13.9. The van der Waals surface area contributed by atoms with Crippen LogP contribution in [-0.4, -0.2) is 17.5 Å². The number of hydrogen-bond donors (Lipinski definition) is 1. The van der Waals surface area contributed by atoms with Crippen LogP contribution in [-0.2, 0) is 11.3 Å². The highest BCUT2D eigenvalue weighted by Crippen LogP contribution is 2.32. The highest BCUT2D eigenvalue weighted by Gasteiger charge is 2.08. The summed E-state index contributed by atoms with van der Waals surface area (Å²) in [4.78, 5) is 15.8. The monoisotopic (exact) mass is 370 g/mol. The fourth-order valence-electron chi connectivity index (χ4n) is 2.22. The minimum atomic E-state index is -0.165. The third kappa shape index (κ3) is 3.87. The van der Waals surface area contributed by atoms with Gasteiger partial charge in [0.2, 0.25) is 0 Å². The van der Waals surface area contributed by atoms with Crippen LogP contribution < -0.4 is 10.1 Å². The number of pyridine rings is 1. The first-order chi connectivity index (χ1) is 11.2. The zero-order valence-electron chi connectivity index (χ0n) is 12.3. The largest absolute Gasteiger partial charge is 0.483 e. The van der Waals surface area contributed by atoms with Crippen molar-refractivity contribution in [2.75, 3.05) is 6.61 Å². The molecule has 1 heterocycles. The van der Waals surface area contributed by atoms with Gasteiger partial charge in [-0.3, -0.25) is 9.78 Å². The molecule has 0 spiro atoms. The number of fused-ring (bicyclic) bond motifs is 1. The Morgan fingerprint density at radius 1 is 1.09 bits per heavy atom. The van der Waals surface area contributed by atoms with Gasteiger partial charge in [-0.1, -0.05) is 30.3 Å². The fourth-order valence-corrected chi connectivity index (χ4v) is 2.83. The lowest BCUT2D eigenvalue weighted by atomic mass is 10.1. The summed E-state index contributed by atoms with van der Waals surface area (Å²) in [5.41, 5.74) is 1.00. The van der Waals surface area contributed by atoms with E-state index in [9.17, 15) is 4.79 Å². The summed E-state index contributed by atoms with van der Waals surface area (Å²) in [6, 6.07) is 15.6. The van der Waals surface area contributed by atoms with Crippen LogP contribution in [0.5, 0.6) is 5.75 Å². The molecule has 1 amide bonds. The second kappa shape index (κ2) is 7.24. The van der Waals surface area contributed by atoms with E-state index in [0.29, 0.717) is 12.3 Å². The standard InChI is InChI=1S/C18H15BrN2O2/c19-18-15-4-2-1-3-14(15)5-6-16(18)23-12-17(22)21-11-13-7-9-20-10-8-13/h1-10H,11-12H2,(H,21,22). The molecule has 0 saturated heterocycles. The molecule has 0 saturated carbocycles. The minimum absolute atomic E-state index is 0.0258. The van der Waals surface area contributed by atoms with Crippen LogP contribution in [0, 0.1) is 0 Å². The van der Waals surface area contributed by atoms with E-state index in [0.717, 1.165) is 20.8 Å². The van der Waals surface area contributed by atoms with Crippen molar-refractivity contribution >= 4 is 32.6 Å². The molecule has 0 bridgehead atoms. The Labute approximate surface area is 142 Å². The first-order valence-corrected chi connectivity index (χ1v) is 7.99. The first-order valence-electron chi connectivity index (χ1n) is 7.20. The molecule has 5 heteroatoms. The van der Waals surface area contributed by atoms with Crippen molar-refractivity contribution in [1.29, 1.82) is 0 Å². The smallest absolute Gasteiger partial charge is 0.258 e. The molecule has 0 radical (unpaired) electrons. The molecule has 0 unspecified atom stereocenters. The van der Waals surface area contributed by atoms with E-state index in [-0.39, 0.29) is 12.5 Å². The Morgan fingerprint density at radius 3 is 2.70 bits per heavy atom. The van der Waals surface area contributed by atoms with Crippen molar-refractivity contribution in [1.82, 2.24) is 10.3 Å². The lowest BCUT2D eigenvalue weighted by molar-refractivity contribution is -0.123. The minimum Gasteiger partial charge on any atom is -0.483 e. The van der Waals surface area contributed by atoms with E-state index in [1.165, 1.54) is 0 Å². The average Bonchev–Trinajstić information content (AvgIpc) is 2.60. The van der Waals surface area contributed by atoms with E-state index in [1.807, 2.05) is 48.5 Å². The zero-order chi connectivity index (χ0) is 16.1. The van der Waals surface area contributed by atoms with Gasteiger partial charge < -0.3 is 10.1 Å². The predicted octanol–water partition coefficient (Wildman–Crippen LogP) is 3.69. The summed E-state index contributed by atoms with van der Waals surface area (Å²) >= 11 is 3.54. The Morgan fingerprint density at radius 2 is 1.87 bits per heavy atom. The van der Waals surface area contributed by atoms with Gasteiger partial charge in [0.25, 0.3) is 5.91 Å². The van der Waals surface area contributed by atoms with Crippen LogP contribution in [0.4, 0.5) is 0 Å². The summed E-state index contributed by atoms with van der Waals surface area (Å²) in [5.74, 6) is 0.490. The summed E-state index contributed by atoms with van der Waals surface area (Å²) in [6.45, 7) is 0.436. The van der Waals surface area contributed by atoms with E-state index < -0.39 is 0 Å². The van der Waals surface area contributed by atoms with Crippen molar-refractivity contribution in [2.45, 2.75) is 6.54 Å². The normalized spacial score (nSPS) is 10.5. The fraction of sp³-hybridized carbons (Fsp3) is 0.111. The van der Waals surface area contributed by atoms with Gasteiger partial charge in [0.15, 0.2) is 6.61 Å². The molecule has 0 aliphatic carbocycles. The van der Waals surface area contributed by atoms with Gasteiger partial charge in [-0.25, -0.2) is 0 Å². The van der Waals surface area contributed by atoms with Crippen LogP contribution in [0.25, 0.3) is 10.8 Å². The van der Waals surface area contributed by atoms with E-state index >= 15 is 0 Å². The number of nitrogens with one attached hydrogen (secondary N) is 1. The number of rotatable bonds is 5. The van der Waals surface area contributed by atoms with Crippen molar-refractivity contribution in [3.05, 3.63) is 71.0 Å². The van der Waals surface area contributed by atoms with Crippen LogP contribution in [0.3, 0.4) is 0 Å². The predicted molar refractivity (Wildman–Crippen MR) is 93.2 cm³/mol. The maximum absolute atomic E-state index is 11.9. The molecule has 0 aliphatic rings. The summed E-state index contributed by atoms with van der Waals surface area (Å²) < 4.78 is 6.48. The summed E-state index contributed by atoms with van der Waals surface area (Å²) in [6.07, 6.45) is 3.40. The molecule has 1 aromatic heterocycles. The Hall–Kier alpha value is -2.40. The van der Waals surface area contributed by atoms with Gasteiger partial charge in [0.1, 0.15) is 5.75 Å². The topological polar surface area (TPSA) is 51.2 Å². The molecule has 0 fully saturated rings. The van der Waals surface area contributed by atoms with Crippen LogP contribution in [0.2, 0.25) is 0 Å². The molecule has 1 N–H and O–H groups in total. The Bertz CT molecular complexity index is 822. The molecule has 2 aromatic carbocycles. The third-order valence-corrected chi connectivity index (χ3v) is 4.24. The summed E-state index contributed by atoms with van der Waals surface area (Å²) in [5, 5.41) is 5.00. The van der Waals surface area contributed by atoms with Gasteiger partial charge >= 0.3 is 0 Å². The van der Waals surface area contributed by atoms with E-state index in [2.05, 4.69) is 26.2 Å². The van der Waals surface area contributed by atoms with Crippen LogP contribution in [0.1, 0.15) is 5.56 Å². The quantitative estimate of drug-likeness (QED) is 0.744. The Balaban J connectivity index is 1.60. The number of nitrogens with zero attached hydrogens (tertiary/aromatic N) is 1. The van der Waals surface area contributed by atoms with Crippen molar-refractivity contribution in [3.8, 4) is 5.75 Å². The molecule has 116 valence electrons. The van der Waals surface area contributed by atoms with Crippen molar-refractivity contribution in [2.24, 2.45) is 0 Å². The highest BCUT2D eigenvalue weighted by atomic mass is 79.9. The number of hydrogen-bond acceptors (Lipinski definition) is 3. The van der Waals surface area contributed by atoms with Gasteiger partial charge in [-0.2, -0.15) is 0 Å². The second-order valence-electron chi connectivity index (χ2n) is 5.02. The lowest BCUT2D eigenvalue weighted by Gasteiger charge is -2.10. The van der Waals surface area contributed by atoms with Crippen LogP contribution >= 0.6 is 15.9 Å². The average molecular weight is 371 g/mol. The molecule has 3 aromatic rings. The number of halogens is 1. The van der Waals surface area contributed by atoms with Gasteiger partial charge in [0, 0.05) is 18.9 Å². The number of benzene rings is 2. The number of aromatic nitrogens is 1. The maximum atomic E-state index is 11.9. The molecule has 23 heavy (non-hydrogen) atoms. The molecule has 4 nitrogen and oxygen atoms in total. The van der Waals surface area contributed by atoms with Gasteiger partial charge in [-0.05, 0) is 50.5 Å². The second-order valence-corrected chi connectivity index (χ2v) is 5.81. The molecule has 0 aliphatic heterocycles. The Kier molecular flexibility index (Phi) is 4.88. The van der Waals surface area contributed by atoms with Crippen molar-refractivity contribution in [3.63, 3.8) is 0 Å². The summed E-state index contributed by atoms with van der Waals surface area (Å²) in [7, 11) is 0. The number of ether oxygens (including phenoxy) is 1. The van der Waals surface area contributed by atoms with Crippen molar-refractivity contribution < 1.29 is 9.53 Å². The molecular weight excluding hydrogens is 356 g/mol. The SMILES string of the molecule is O=C(COc1ccc2ccccc2c1Br)NCc1ccncc1. The lowest BCUT2D eigenvalue weighted by Crippen LogP contribution is -2.28. The molecule has 3 rings (SSSR count). The van der Waals surface area contributed by atoms with Gasteiger partial charge in [0.05, 0.1) is 4.47 Å². The first kappa shape index (κ1) is 15.5. The number of carbonyl (C=O) groups excluding carboxylic acids is 1. The molecule has 0 atom stereocenters. The maximum Gasteiger partial charge on any atom is 0.258 e. The number of amides is 1. The molecular formula is C18H15BrN2O2.